The maximum atomic E-state index is 12.6. The Hall–Kier alpha value is -3.87. The topological polar surface area (TPSA) is 71.8 Å². The normalized spacial score (nSPS) is 14.5. The first-order valence-electron chi connectivity index (χ1n) is 10.0. The minimum Gasteiger partial charge on any atom is -0.494 e. The van der Waals surface area contributed by atoms with Crippen LogP contribution < -0.4 is 4.74 Å². The second-order valence-electron chi connectivity index (χ2n) is 7.38. The fourth-order valence-corrected chi connectivity index (χ4v) is 3.65. The van der Waals surface area contributed by atoms with E-state index >= 15 is 0 Å². The summed E-state index contributed by atoms with van der Waals surface area (Å²) in [7, 11) is 2.74. The molecule has 0 N–H and O–H groups in total. The van der Waals surface area contributed by atoms with Crippen LogP contribution in [0, 0.1) is 0 Å². The lowest BCUT2D eigenvalue weighted by Crippen LogP contribution is -2.52. The largest absolute Gasteiger partial charge is 0.494 e. The Balaban J connectivity index is 1.58. The maximum absolute atomic E-state index is 12.6. The van der Waals surface area contributed by atoms with Crippen LogP contribution in [0.5, 0.6) is 5.75 Å². The highest BCUT2D eigenvalue weighted by molar-refractivity contribution is 6.31. The third kappa shape index (κ3) is 3.94. The summed E-state index contributed by atoms with van der Waals surface area (Å²) in [6.45, 7) is 1.29. The van der Waals surface area contributed by atoms with E-state index in [0.717, 1.165) is 45.0 Å². The quantitative estimate of drug-likeness (QED) is 0.349. The number of benzene rings is 2. The summed E-state index contributed by atoms with van der Waals surface area (Å²) in [4.78, 5) is 39.0. The molecule has 7 nitrogen and oxygen atoms in total. The number of rotatable bonds is 6. The van der Waals surface area contributed by atoms with E-state index in [0.29, 0.717) is 6.61 Å². The van der Waals surface area contributed by atoms with Crippen molar-refractivity contribution >= 4 is 34.8 Å². The molecule has 0 radical (unpaired) electrons. The van der Waals surface area contributed by atoms with Gasteiger partial charge in [-0.25, -0.2) is 4.79 Å². The highest BCUT2D eigenvalue weighted by atomic mass is 16.5. The third-order valence-electron chi connectivity index (χ3n) is 5.32. The number of urea groups is 1. The van der Waals surface area contributed by atoms with Crippen LogP contribution in [0.4, 0.5) is 4.79 Å². The highest BCUT2D eigenvalue weighted by Crippen LogP contribution is 2.26. The molecule has 0 unspecified atom stereocenters. The molecular weight excluding hydrogens is 394 g/mol. The van der Waals surface area contributed by atoms with Crippen LogP contribution in [-0.4, -0.2) is 52.9 Å². The van der Waals surface area contributed by atoms with Crippen LogP contribution in [0.2, 0.25) is 0 Å². The molecular formula is C24H23N3O4. The fraction of sp³-hybridized carbons (Fsp3) is 0.208. The van der Waals surface area contributed by atoms with Gasteiger partial charge >= 0.3 is 6.03 Å². The average Bonchev–Trinajstić information content (AvgIpc) is 3.15. The SMILES string of the molecule is CN1C(=O)C(=Cc2cn(CCCOc3ccccc3)c3ccccc23)C(=O)N(C)C1=O. The number of barbiturate groups is 1. The Morgan fingerprint density at radius 2 is 1.52 bits per heavy atom. The molecule has 2 aromatic carbocycles. The van der Waals surface area contributed by atoms with Crippen LogP contribution in [0.25, 0.3) is 17.0 Å². The molecule has 0 bridgehead atoms. The van der Waals surface area contributed by atoms with Gasteiger partial charge in [0.15, 0.2) is 0 Å². The number of hydrogen-bond acceptors (Lipinski definition) is 4. The van der Waals surface area contributed by atoms with Gasteiger partial charge in [0.05, 0.1) is 6.61 Å². The fourth-order valence-electron chi connectivity index (χ4n) is 3.65. The molecule has 1 aliphatic rings. The molecule has 3 aromatic rings. The number of likely N-dealkylation sites (N-methyl/N-ethyl adjacent to an activating group) is 2. The van der Waals surface area contributed by atoms with E-state index in [9.17, 15) is 14.4 Å². The molecule has 0 saturated carbocycles. The Bertz CT molecular complexity index is 1150. The van der Waals surface area contributed by atoms with Gasteiger partial charge in [-0.1, -0.05) is 36.4 Å². The van der Waals surface area contributed by atoms with Gasteiger partial charge in [-0.2, -0.15) is 0 Å². The number of ether oxygens (including phenoxy) is 1. The smallest absolute Gasteiger partial charge is 0.333 e. The molecule has 158 valence electrons. The first kappa shape index (κ1) is 20.4. The number of carbonyl (C=O) groups excluding carboxylic acids is 3. The van der Waals surface area contributed by atoms with Crippen molar-refractivity contribution < 1.29 is 19.1 Å². The van der Waals surface area contributed by atoms with E-state index in [-0.39, 0.29) is 5.57 Å². The zero-order valence-electron chi connectivity index (χ0n) is 17.4. The summed E-state index contributed by atoms with van der Waals surface area (Å²) in [5.74, 6) is -0.357. The number of imide groups is 2. The van der Waals surface area contributed by atoms with Crippen molar-refractivity contribution in [3.05, 3.63) is 71.9 Å². The van der Waals surface area contributed by atoms with Crippen molar-refractivity contribution in [2.45, 2.75) is 13.0 Å². The number of para-hydroxylation sites is 2. The summed E-state index contributed by atoms with van der Waals surface area (Å²) < 4.78 is 7.86. The Kier molecular flexibility index (Phi) is 5.58. The number of carbonyl (C=O) groups is 3. The first-order chi connectivity index (χ1) is 15.0. The number of aromatic nitrogens is 1. The van der Waals surface area contributed by atoms with Gasteiger partial charge in [-0.05, 0) is 30.7 Å². The van der Waals surface area contributed by atoms with Crippen LogP contribution >= 0.6 is 0 Å². The number of hydrogen-bond donors (Lipinski definition) is 0. The molecule has 7 heteroatoms. The predicted molar refractivity (Wildman–Crippen MR) is 117 cm³/mol. The standard InChI is InChI=1S/C24H23N3O4/c1-25-22(28)20(23(29)26(2)24(25)30)15-17-16-27(21-12-7-6-11-19(17)21)13-8-14-31-18-9-4-3-5-10-18/h3-7,9-12,15-16H,8,13-14H2,1-2H3. The number of nitrogens with zero attached hydrogens (tertiary/aromatic N) is 3. The molecule has 1 aromatic heterocycles. The lowest BCUT2D eigenvalue weighted by atomic mass is 10.1. The van der Waals surface area contributed by atoms with Crippen molar-refractivity contribution in [2.24, 2.45) is 0 Å². The second kappa shape index (κ2) is 8.47. The molecule has 4 amide bonds. The van der Waals surface area contributed by atoms with Crippen LogP contribution in [0.1, 0.15) is 12.0 Å². The highest BCUT2D eigenvalue weighted by Gasteiger charge is 2.37. The van der Waals surface area contributed by atoms with E-state index in [1.54, 1.807) is 6.08 Å². The molecule has 4 rings (SSSR count). The average molecular weight is 417 g/mol. The molecule has 0 atom stereocenters. The zero-order chi connectivity index (χ0) is 22.0. The van der Waals surface area contributed by atoms with E-state index in [2.05, 4.69) is 4.57 Å². The summed E-state index contributed by atoms with van der Waals surface area (Å²) in [5, 5.41) is 0.932. The van der Waals surface area contributed by atoms with Crippen LogP contribution in [-0.2, 0) is 16.1 Å². The lowest BCUT2D eigenvalue weighted by Gasteiger charge is -2.28. The Morgan fingerprint density at radius 3 is 2.23 bits per heavy atom. The maximum Gasteiger partial charge on any atom is 0.333 e. The van der Waals surface area contributed by atoms with Crippen molar-refractivity contribution in [3.8, 4) is 5.75 Å². The van der Waals surface area contributed by atoms with Gasteiger partial charge in [-0.15, -0.1) is 0 Å². The van der Waals surface area contributed by atoms with E-state index < -0.39 is 17.8 Å². The summed E-state index contributed by atoms with van der Waals surface area (Å²) in [6.07, 6.45) is 4.29. The van der Waals surface area contributed by atoms with E-state index in [4.69, 9.17) is 4.74 Å². The molecule has 31 heavy (non-hydrogen) atoms. The van der Waals surface area contributed by atoms with Gasteiger partial charge in [-0.3, -0.25) is 19.4 Å². The van der Waals surface area contributed by atoms with E-state index in [1.165, 1.54) is 14.1 Å². The molecule has 1 fully saturated rings. The van der Waals surface area contributed by atoms with Crippen molar-refractivity contribution in [1.29, 1.82) is 0 Å². The van der Waals surface area contributed by atoms with Crippen molar-refractivity contribution in [3.63, 3.8) is 0 Å². The minimum absolute atomic E-state index is 0.0279. The van der Waals surface area contributed by atoms with Gasteiger partial charge in [0.2, 0.25) is 0 Å². The van der Waals surface area contributed by atoms with Gasteiger partial charge in [0.1, 0.15) is 11.3 Å². The zero-order valence-corrected chi connectivity index (χ0v) is 17.4. The van der Waals surface area contributed by atoms with Gasteiger partial charge in [0, 0.05) is 43.3 Å². The minimum atomic E-state index is -0.631. The number of aryl methyl sites for hydroxylation is 1. The summed E-state index contributed by atoms with van der Waals surface area (Å²) in [6, 6.07) is 16.9. The molecule has 0 aliphatic carbocycles. The summed E-state index contributed by atoms with van der Waals surface area (Å²) in [5.41, 5.74) is 1.73. The van der Waals surface area contributed by atoms with Crippen LogP contribution in [0.3, 0.4) is 0 Å². The molecule has 0 spiro atoms. The number of fused-ring (bicyclic) bond motifs is 1. The third-order valence-corrected chi connectivity index (χ3v) is 5.32. The molecule has 1 aliphatic heterocycles. The molecule has 2 heterocycles. The van der Waals surface area contributed by atoms with E-state index in [1.807, 2.05) is 60.8 Å². The summed E-state index contributed by atoms with van der Waals surface area (Å²) >= 11 is 0. The Labute approximate surface area is 180 Å². The van der Waals surface area contributed by atoms with Crippen molar-refractivity contribution in [1.82, 2.24) is 14.4 Å². The lowest BCUT2D eigenvalue weighted by molar-refractivity contribution is -0.134. The Morgan fingerprint density at radius 1 is 0.871 bits per heavy atom. The van der Waals surface area contributed by atoms with Gasteiger partial charge in [0.25, 0.3) is 11.8 Å². The van der Waals surface area contributed by atoms with Crippen molar-refractivity contribution in [2.75, 3.05) is 20.7 Å². The second-order valence-corrected chi connectivity index (χ2v) is 7.38. The predicted octanol–water partition coefficient (Wildman–Crippen LogP) is 3.54. The van der Waals surface area contributed by atoms with Gasteiger partial charge < -0.3 is 9.30 Å². The van der Waals surface area contributed by atoms with Crippen LogP contribution in [0.15, 0.2) is 66.4 Å². The molecule has 1 saturated heterocycles. The first-order valence-corrected chi connectivity index (χ1v) is 10.0. The number of amides is 4. The monoisotopic (exact) mass is 417 g/mol.